The zero-order valence-electron chi connectivity index (χ0n) is 7.78. The molecule has 0 saturated heterocycles. The molecule has 1 unspecified atom stereocenters. The first-order chi connectivity index (χ1) is 5.81. The lowest BCUT2D eigenvalue weighted by molar-refractivity contribution is 0.0483. The van der Waals surface area contributed by atoms with Crippen LogP contribution in [0.1, 0.15) is 13.8 Å². The van der Waals surface area contributed by atoms with Gasteiger partial charge in [0.2, 0.25) is 0 Å². The van der Waals surface area contributed by atoms with Gasteiger partial charge in [-0.05, 0) is 12.7 Å². The van der Waals surface area contributed by atoms with E-state index < -0.39 is 0 Å². The molecule has 0 aromatic rings. The maximum absolute atomic E-state index is 5.44. The molecule has 0 aromatic heterocycles. The minimum atomic E-state index is 0.287. The molecular formula is C8H18O2S2. The summed E-state index contributed by atoms with van der Waals surface area (Å²) < 4.78 is 10.6. The maximum atomic E-state index is 5.44. The molecule has 0 radical (unpaired) electrons. The first kappa shape index (κ1) is 12.6. The molecule has 0 bridgehead atoms. The van der Waals surface area contributed by atoms with Crippen molar-refractivity contribution in [2.75, 3.05) is 31.3 Å². The summed E-state index contributed by atoms with van der Waals surface area (Å²) >= 11 is 5.83. The van der Waals surface area contributed by atoms with Crippen molar-refractivity contribution < 1.29 is 9.47 Å². The Morgan fingerprint density at radius 1 is 1.33 bits per heavy atom. The average Bonchev–Trinajstić information content (AvgIpc) is 2.05. The van der Waals surface area contributed by atoms with E-state index in [9.17, 15) is 0 Å². The van der Waals surface area contributed by atoms with E-state index in [0.717, 1.165) is 11.5 Å². The van der Waals surface area contributed by atoms with Gasteiger partial charge in [-0.15, -0.1) is 11.8 Å². The Hall–Kier alpha value is 0.620. The Kier molecular flexibility index (Phi) is 10.2. The summed E-state index contributed by atoms with van der Waals surface area (Å²) in [6.45, 7) is 6.26. The molecule has 0 N–H and O–H groups in total. The lowest BCUT2D eigenvalue weighted by Crippen LogP contribution is -2.11. The first-order valence-corrected chi connectivity index (χ1v) is 5.91. The van der Waals surface area contributed by atoms with Gasteiger partial charge >= 0.3 is 0 Å². The summed E-state index contributed by atoms with van der Waals surface area (Å²) in [7, 11) is 0. The van der Waals surface area contributed by atoms with Crippen molar-refractivity contribution in [2.24, 2.45) is 0 Å². The van der Waals surface area contributed by atoms with E-state index in [4.69, 9.17) is 9.47 Å². The van der Waals surface area contributed by atoms with Crippen LogP contribution >= 0.6 is 24.4 Å². The van der Waals surface area contributed by atoms with Gasteiger partial charge in [0, 0.05) is 5.75 Å². The van der Waals surface area contributed by atoms with Crippen molar-refractivity contribution in [3.63, 3.8) is 0 Å². The van der Waals surface area contributed by atoms with Gasteiger partial charge in [-0.3, -0.25) is 0 Å². The second-order valence-corrected chi connectivity index (χ2v) is 4.25. The van der Waals surface area contributed by atoms with Crippen molar-refractivity contribution in [3.05, 3.63) is 0 Å². The fraction of sp³-hybridized carbons (Fsp3) is 1.00. The minimum Gasteiger partial charge on any atom is -0.378 e. The van der Waals surface area contributed by atoms with E-state index in [2.05, 4.69) is 26.5 Å². The van der Waals surface area contributed by atoms with Crippen LogP contribution < -0.4 is 0 Å². The smallest absolute Gasteiger partial charge is 0.100 e. The number of hydrogen-bond acceptors (Lipinski definition) is 4. The molecular weight excluding hydrogens is 192 g/mol. The zero-order valence-corrected chi connectivity index (χ0v) is 9.50. The predicted octanol–water partition coefficient (Wildman–Crippen LogP) is 2.05. The van der Waals surface area contributed by atoms with Gasteiger partial charge in [-0.2, -0.15) is 12.6 Å². The van der Waals surface area contributed by atoms with Crippen molar-refractivity contribution in [2.45, 2.75) is 19.3 Å². The highest BCUT2D eigenvalue weighted by molar-refractivity contribution is 7.99. The van der Waals surface area contributed by atoms with E-state index in [1.165, 1.54) is 0 Å². The SMILES string of the molecule is CCSC(C)OCCOCCS. The van der Waals surface area contributed by atoms with Gasteiger partial charge in [0.25, 0.3) is 0 Å². The molecule has 0 aliphatic rings. The fourth-order valence-electron chi connectivity index (χ4n) is 0.722. The molecule has 0 saturated carbocycles. The van der Waals surface area contributed by atoms with E-state index >= 15 is 0 Å². The molecule has 0 fully saturated rings. The average molecular weight is 210 g/mol. The lowest BCUT2D eigenvalue weighted by Gasteiger charge is -2.10. The summed E-state index contributed by atoms with van der Waals surface area (Å²) in [6, 6.07) is 0. The Morgan fingerprint density at radius 2 is 2.08 bits per heavy atom. The van der Waals surface area contributed by atoms with Crippen molar-refractivity contribution in [1.82, 2.24) is 0 Å². The Labute approximate surface area is 84.8 Å². The number of ether oxygens (including phenoxy) is 2. The molecule has 0 aliphatic carbocycles. The van der Waals surface area contributed by atoms with Gasteiger partial charge in [0.05, 0.1) is 19.8 Å². The molecule has 12 heavy (non-hydrogen) atoms. The summed E-state index contributed by atoms with van der Waals surface area (Å²) in [5.41, 5.74) is 0.287. The molecule has 0 rings (SSSR count). The van der Waals surface area contributed by atoms with Gasteiger partial charge < -0.3 is 9.47 Å². The van der Waals surface area contributed by atoms with Crippen LogP contribution in [0.25, 0.3) is 0 Å². The first-order valence-electron chi connectivity index (χ1n) is 4.23. The maximum Gasteiger partial charge on any atom is 0.100 e. The van der Waals surface area contributed by atoms with Gasteiger partial charge in [0.1, 0.15) is 5.44 Å². The van der Waals surface area contributed by atoms with Crippen LogP contribution in [0.15, 0.2) is 0 Å². The van der Waals surface area contributed by atoms with Crippen molar-refractivity contribution in [3.8, 4) is 0 Å². The second-order valence-electron chi connectivity index (χ2n) is 2.23. The summed E-state index contributed by atoms with van der Waals surface area (Å²) in [4.78, 5) is 0. The summed E-state index contributed by atoms with van der Waals surface area (Å²) in [5, 5.41) is 0. The van der Waals surface area contributed by atoms with E-state index in [1.807, 2.05) is 0 Å². The molecule has 74 valence electrons. The third-order valence-corrected chi connectivity index (χ3v) is 2.34. The molecule has 0 heterocycles. The van der Waals surface area contributed by atoms with Crippen LogP contribution in [0.4, 0.5) is 0 Å². The van der Waals surface area contributed by atoms with Crippen LogP contribution in [-0.4, -0.2) is 36.8 Å². The number of thioether (sulfide) groups is 1. The number of hydrogen-bond donors (Lipinski definition) is 1. The third-order valence-electron chi connectivity index (χ3n) is 1.22. The summed E-state index contributed by atoms with van der Waals surface area (Å²) in [6.07, 6.45) is 0. The van der Waals surface area contributed by atoms with E-state index in [0.29, 0.717) is 19.8 Å². The van der Waals surface area contributed by atoms with Gasteiger partial charge in [-0.25, -0.2) is 0 Å². The molecule has 0 amide bonds. The van der Waals surface area contributed by atoms with Crippen LogP contribution in [0.2, 0.25) is 0 Å². The topological polar surface area (TPSA) is 18.5 Å². The molecule has 0 aliphatic heterocycles. The van der Waals surface area contributed by atoms with E-state index in [-0.39, 0.29) is 5.44 Å². The van der Waals surface area contributed by atoms with Crippen LogP contribution in [0.5, 0.6) is 0 Å². The van der Waals surface area contributed by atoms with Crippen LogP contribution in [0, 0.1) is 0 Å². The normalized spacial score (nSPS) is 13.2. The quantitative estimate of drug-likeness (QED) is 0.376. The van der Waals surface area contributed by atoms with Crippen LogP contribution in [-0.2, 0) is 9.47 Å². The van der Waals surface area contributed by atoms with Crippen molar-refractivity contribution >= 4 is 24.4 Å². The zero-order chi connectivity index (χ0) is 9.23. The highest BCUT2D eigenvalue weighted by Gasteiger charge is 1.99. The predicted molar refractivity (Wildman–Crippen MR) is 58.2 cm³/mol. The molecule has 4 heteroatoms. The van der Waals surface area contributed by atoms with Gasteiger partial charge in [-0.1, -0.05) is 6.92 Å². The molecule has 2 nitrogen and oxygen atoms in total. The molecule has 1 atom stereocenters. The molecule has 0 spiro atoms. The third kappa shape index (κ3) is 8.71. The highest BCUT2D eigenvalue weighted by Crippen LogP contribution is 2.09. The minimum absolute atomic E-state index is 0.287. The lowest BCUT2D eigenvalue weighted by atomic mass is 10.7. The van der Waals surface area contributed by atoms with Crippen LogP contribution in [0.3, 0.4) is 0 Å². The highest BCUT2D eigenvalue weighted by atomic mass is 32.2. The monoisotopic (exact) mass is 210 g/mol. The Bertz CT molecular complexity index is 91.1. The number of rotatable bonds is 8. The Balaban J connectivity index is 2.97. The van der Waals surface area contributed by atoms with E-state index in [1.54, 1.807) is 11.8 Å². The fourth-order valence-corrected chi connectivity index (χ4v) is 1.51. The summed E-state index contributed by atoms with van der Waals surface area (Å²) in [5.74, 6) is 1.87. The largest absolute Gasteiger partial charge is 0.378 e. The number of thiol groups is 1. The van der Waals surface area contributed by atoms with Crippen molar-refractivity contribution in [1.29, 1.82) is 0 Å². The molecule has 0 aromatic carbocycles. The Morgan fingerprint density at radius 3 is 2.67 bits per heavy atom. The standard InChI is InChI=1S/C8H18O2S2/c1-3-12-8(2)10-5-4-9-6-7-11/h8,11H,3-7H2,1-2H3. The second kappa shape index (κ2) is 9.71. The van der Waals surface area contributed by atoms with Gasteiger partial charge in [0.15, 0.2) is 0 Å².